The van der Waals surface area contributed by atoms with Crippen molar-refractivity contribution in [1.29, 1.82) is 0 Å². The molecule has 8 heteroatoms. The van der Waals surface area contributed by atoms with Gasteiger partial charge in [-0.3, -0.25) is 4.79 Å². The molecule has 0 bridgehead atoms. The number of nitrogens with one attached hydrogen (secondary N) is 1. The van der Waals surface area contributed by atoms with Gasteiger partial charge >= 0.3 is 0 Å². The minimum Gasteiger partial charge on any atom is -0.332 e. The molecule has 0 spiro atoms. The Morgan fingerprint density at radius 2 is 1.79 bits per heavy atom. The van der Waals surface area contributed by atoms with Crippen molar-refractivity contribution >= 4 is 27.5 Å². The van der Waals surface area contributed by atoms with Crippen LogP contribution in [-0.2, 0) is 14.8 Å². The van der Waals surface area contributed by atoms with Crippen molar-refractivity contribution in [2.75, 3.05) is 45.8 Å². The molecule has 1 fully saturated rings. The van der Waals surface area contributed by atoms with Crippen molar-refractivity contribution in [3.8, 4) is 0 Å². The van der Waals surface area contributed by atoms with Crippen molar-refractivity contribution in [3.05, 3.63) is 29.3 Å². The second-order valence-corrected chi connectivity index (χ2v) is 8.24. The van der Waals surface area contributed by atoms with E-state index in [4.69, 9.17) is 11.6 Å². The standard InChI is InChI=1S/C16H24ClN3O3S/c1-3-18-9-11-19(12-10-18)16(21)13-20(4-2)24(22,23)15-7-5-14(17)6-8-15/h5-8H,3-4,9-13H2,1-2H3/p+1. The van der Waals surface area contributed by atoms with Gasteiger partial charge in [0.05, 0.1) is 44.2 Å². The summed E-state index contributed by atoms with van der Waals surface area (Å²) in [5.41, 5.74) is 0. The van der Waals surface area contributed by atoms with Gasteiger partial charge in [-0.2, -0.15) is 4.31 Å². The Morgan fingerprint density at radius 3 is 2.29 bits per heavy atom. The zero-order chi connectivity index (χ0) is 17.7. The molecule has 134 valence electrons. The smallest absolute Gasteiger partial charge is 0.243 e. The van der Waals surface area contributed by atoms with Gasteiger partial charge in [0.25, 0.3) is 0 Å². The number of piperazine rings is 1. The van der Waals surface area contributed by atoms with Crippen molar-refractivity contribution in [2.24, 2.45) is 0 Å². The van der Waals surface area contributed by atoms with Gasteiger partial charge < -0.3 is 9.80 Å². The van der Waals surface area contributed by atoms with Crippen molar-refractivity contribution in [1.82, 2.24) is 9.21 Å². The topological polar surface area (TPSA) is 62.1 Å². The van der Waals surface area contributed by atoms with Crippen LogP contribution in [0.3, 0.4) is 0 Å². The summed E-state index contributed by atoms with van der Waals surface area (Å²) in [6, 6.07) is 6.01. The molecule has 1 heterocycles. The molecule has 1 aromatic rings. The third kappa shape index (κ3) is 4.47. The minimum absolute atomic E-state index is 0.122. The van der Waals surface area contributed by atoms with Crippen LogP contribution in [0.4, 0.5) is 0 Å². The molecule has 0 aliphatic carbocycles. The minimum atomic E-state index is -3.70. The average Bonchev–Trinajstić information content (AvgIpc) is 2.59. The summed E-state index contributed by atoms with van der Waals surface area (Å²) in [6.45, 7) is 8.23. The molecule has 0 aromatic heterocycles. The van der Waals surface area contributed by atoms with E-state index in [0.717, 1.165) is 19.6 Å². The first kappa shape index (κ1) is 19.2. The zero-order valence-corrected chi connectivity index (χ0v) is 15.7. The Labute approximate surface area is 149 Å². The molecule has 0 unspecified atom stereocenters. The number of carbonyl (C=O) groups is 1. The summed E-state index contributed by atoms with van der Waals surface area (Å²) in [5, 5.41) is 0.476. The number of hydrogen-bond donors (Lipinski definition) is 1. The van der Waals surface area contributed by atoms with Gasteiger partial charge in [0.1, 0.15) is 0 Å². The average molecular weight is 375 g/mol. The van der Waals surface area contributed by atoms with Crippen LogP contribution in [0.1, 0.15) is 13.8 Å². The van der Waals surface area contributed by atoms with Crippen molar-refractivity contribution < 1.29 is 18.1 Å². The first-order valence-electron chi connectivity index (χ1n) is 8.25. The van der Waals surface area contributed by atoms with Gasteiger partial charge in [-0.05, 0) is 31.2 Å². The fourth-order valence-electron chi connectivity index (χ4n) is 2.80. The highest BCUT2D eigenvalue weighted by Gasteiger charge is 2.29. The van der Waals surface area contributed by atoms with Gasteiger partial charge in [-0.15, -0.1) is 0 Å². The van der Waals surface area contributed by atoms with Crippen LogP contribution < -0.4 is 4.90 Å². The van der Waals surface area contributed by atoms with E-state index in [1.165, 1.54) is 33.5 Å². The number of likely N-dealkylation sites (N-methyl/N-ethyl adjacent to an activating group) is 2. The highest BCUT2D eigenvalue weighted by molar-refractivity contribution is 7.89. The maximum atomic E-state index is 12.7. The fourth-order valence-corrected chi connectivity index (χ4v) is 4.32. The number of halogens is 1. The first-order chi connectivity index (χ1) is 11.4. The van der Waals surface area contributed by atoms with E-state index in [2.05, 4.69) is 6.92 Å². The zero-order valence-electron chi connectivity index (χ0n) is 14.2. The molecule has 1 saturated heterocycles. The van der Waals surface area contributed by atoms with Crippen molar-refractivity contribution in [2.45, 2.75) is 18.7 Å². The van der Waals surface area contributed by atoms with Gasteiger partial charge in [0.2, 0.25) is 15.9 Å². The molecule has 6 nitrogen and oxygen atoms in total. The normalized spacial score (nSPS) is 16.6. The van der Waals surface area contributed by atoms with Crippen LogP contribution in [0.2, 0.25) is 5.02 Å². The molecule has 0 radical (unpaired) electrons. The van der Waals surface area contributed by atoms with E-state index in [-0.39, 0.29) is 23.9 Å². The van der Waals surface area contributed by atoms with E-state index in [1.807, 2.05) is 0 Å². The summed E-state index contributed by atoms with van der Waals surface area (Å²) >= 11 is 5.81. The van der Waals surface area contributed by atoms with Gasteiger partial charge in [0.15, 0.2) is 0 Å². The number of amides is 1. The molecular formula is C16H25ClN3O3S+. The molecule has 1 N–H and O–H groups in total. The number of quaternary nitrogens is 1. The number of hydrogen-bond acceptors (Lipinski definition) is 3. The quantitative estimate of drug-likeness (QED) is 0.768. The number of benzene rings is 1. The molecule has 1 amide bonds. The van der Waals surface area contributed by atoms with Crippen LogP contribution in [-0.4, -0.2) is 69.3 Å². The van der Waals surface area contributed by atoms with E-state index < -0.39 is 10.0 Å². The summed E-state index contributed by atoms with van der Waals surface area (Å²) in [4.78, 5) is 15.9. The Kier molecular flexibility index (Phi) is 6.62. The number of carbonyl (C=O) groups excluding carboxylic acids is 1. The lowest BCUT2D eigenvalue weighted by molar-refractivity contribution is -0.902. The van der Waals surface area contributed by atoms with E-state index in [0.29, 0.717) is 18.1 Å². The lowest BCUT2D eigenvalue weighted by atomic mass is 10.3. The van der Waals surface area contributed by atoms with Crippen LogP contribution in [0.25, 0.3) is 0 Å². The van der Waals surface area contributed by atoms with Gasteiger partial charge in [-0.25, -0.2) is 8.42 Å². The molecule has 24 heavy (non-hydrogen) atoms. The number of rotatable bonds is 6. The van der Waals surface area contributed by atoms with E-state index in [9.17, 15) is 13.2 Å². The fraction of sp³-hybridized carbons (Fsp3) is 0.562. The maximum absolute atomic E-state index is 12.7. The summed E-state index contributed by atoms with van der Waals surface area (Å²) in [6.07, 6.45) is 0. The highest BCUT2D eigenvalue weighted by Crippen LogP contribution is 2.18. The molecule has 0 atom stereocenters. The Hall–Kier alpha value is -1.15. The molecule has 1 aliphatic rings. The van der Waals surface area contributed by atoms with E-state index >= 15 is 0 Å². The Morgan fingerprint density at radius 1 is 1.21 bits per heavy atom. The summed E-state index contributed by atoms with van der Waals surface area (Å²) in [5.74, 6) is -0.135. The molecule has 1 aliphatic heterocycles. The van der Waals surface area contributed by atoms with Crippen LogP contribution >= 0.6 is 11.6 Å². The highest BCUT2D eigenvalue weighted by atomic mass is 35.5. The Bertz CT molecular complexity index is 656. The van der Waals surface area contributed by atoms with Crippen LogP contribution in [0.15, 0.2) is 29.2 Å². The number of sulfonamides is 1. The first-order valence-corrected chi connectivity index (χ1v) is 10.1. The van der Waals surface area contributed by atoms with Crippen LogP contribution in [0, 0.1) is 0 Å². The largest absolute Gasteiger partial charge is 0.332 e. The molecule has 0 saturated carbocycles. The maximum Gasteiger partial charge on any atom is 0.243 e. The third-order valence-electron chi connectivity index (χ3n) is 4.44. The van der Waals surface area contributed by atoms with Crippen LogP contribution in [0.5, 0.6) is 0 Å². The van der Waals surface area contributed by atoms with E-state index in [1.54, 1.807) is 11.8 Å². The predicted molar refractivity (Wildman–Crippen MR) is 93.7 cm³/mol. The summed E-state index contributed by atoms with van der Waals surface area (Å²) in [7, 11) is -3.70. The van der Waals surface area contributed by atoms with Gasteiger partial charge in [-0.1, -0.05) is 18.5 Å². The summed E-state index contributed by atoms with van der Waals surface area (Å²) < 4.78 is 26.6. The second kappa shape index (κ2) is 8.29. The predicted octanol–water partition coefficient (Wildman–Crippen LogP) is 0.0976. The Balaban J connectivity index is 2.05. The van der Waals surface area contributed by atoms with Crippen molar-refractivity contribution in [3.63, 3.8) is 0 Å². The SMILES string of the molecule is CCN(CC(=O)N1CC[NH+](CC)CC1)S(=O)(=O)c1ccc(Cl)cc1. The lowest BCUT2D eigenvalue weighted by Crippen LogP contribution is -3.14. The monoisotopic (exact) mass is 374 g/mol. The van der Waals surface area contributed by atoms with Gasteiger partial charge in [0, 0.05) is 11.6 Å². The molecular weight excluding hydrogens is 350 g/mol. The second-order valence-electron chi connectivity index (χ2n) is 5.87. The molecule has 1 aromatic carbocycles. The third-order valence-corrected chi connectivity index (χ3v) is 6.63. The molecule has 2 rings (SSSR count). The number of nitrogens with zero attached hydrogens (tertiary/aromatic N) is 2. The lowest BCUT2D eigenvalue weighted by Gasteiger charge is -2.32.